The van der Waals surface area contributed by atoms with Gasteiger partial charge in [0.25, 0.3) is 8.32 Å². The van der Waals surface area contributed by atoms with Gasteiger partial charge in [-0.2, -0.15) is 0 Å². The maximum atomic E-state index is 13.1. The van der Waals surface area contributed by atoms with Crippen molar-refractivity contribution in [2.75, 3.05) is 0 Å². The summed E-state index contributed by atoms with van der Waals surface area (Å²) in [6, 6.07) is 21.7. The molecular formula is C39H56O4Si. The van der Waals surface area contributed by atoms with Crippen LogP contribution in [0.2, 0.25) is 5.04 Å². The highest BCUT2D eigenvalue weighted by molar-refractivity contribution is 6.99. The molecule has 0 fully saturated rings. The van der Waals surface area contributed by atoms with Crippen molar-refractivity contribution in [3.63, 3.8) is 0 Å². The van der Waals surface area contributed by atoms with Crippen LogP contribution in [0.25, 0.3) is 0 Å². The maximum absolute atomic E-state index is 13.1. The van der Waals surface area contributed by atoms with Crippen LogP contribution in [0.4, 0.5) is 0 Å². The van der Waals surface area contributed by atoms with Crippen LogP contribution in [0.5, 0.6) is 0 Å². The van der Waals surface area contributed by atoms with Gasteiger partial charge in [-0.25, -0.2) is 0 Å². The summed E-state index contributed by atoms with van der Waals surface area (Å²) in [7, 11) is -2.78. The normalized spacial score (nSPS) is 27.7. The van der Waals surface area contributed by atoms with Crippen LogP contribution >= 0.6 is 0 Å². The van der Waals surface area contributed by atoms with E-state index in [1.807, 2.05) is 26.8 Å². The number of carbonyl (C=O) groups is 1. The van der Waals surface area contributed by atoms with E-state index in [9.17, 15) is 9.90 Å². The molecule has 0 saturated heterocycles. The lowest BCUT2D eigenvalue weighted by Gasteiger charge is -2.47. The minimum Gasteiger partial charge on any atom is -0.459 e. The molecule has 5 heteroatoms. The monoisotopic (exact) mass is 616 g/mol. The molecule has 0 aromatic heterocycles. The fraction of sp³-hybridized carbons (Fsp3) is 0.564. The lowest BCUT2D eigenvalue weighted by Crippen LogP contribution is -2.67. The minimum atomic E-state index is -2.78. The lowest BCUT2D eigenvalue weighted by atomic mass is 9.64. The van der Waals surface area contributed by atoms with E-state index in [0.29, 0.717) is 24.7 Å². The Morgan fingerprint density at radius 3 is 1.95 bits per heavy atom. The quantitative estimate of drug-likeness (QED) is 0.204. The zero-order chi connectivity index (χ0) is 32.3. The van der Waals surface area contributed by atoms with Gasteiger partial charge >= 0.3 is 5.97 Å². The Kier molecular flexibility index (Phi) is 10.9. The maximum Gasteiger partial charge on any atom is 0.311 e. The fourth-order valence-corrected chi connectivity index (χ4v) is 12.2. The van der Waals surface area contributed by atoms with Crippen LogP contribution in [0.15, 0.2) is 84.5 Å². The van der Waals surface area contributed by atoms with Gasteiger partial charge in [-0.3, -0.25) is 4.79 Å². The highest BCUT2D eigenvalue weighted by Crippen LogP contribution is 2.46. The average Bonchev–Trinajstić information content (AvgIpc) is 2.96. The van der Waals surface area contributed by atoms with Crippen molar-refractivity contribution in [3.05, 3.63) is 84.5 Å². The first-order valence-corrected chi connectivity index (χ1v) is 18.6. The molecule has 0 radical (unpaired) electrons. The second kappa shape index (κ2) is 13.9. The number of esters is 1. The topological polar surface area (TPSA) is 55.8 Å². The first-order chi connectivity index (χ1) is 20.6. The summed E-state index contributed by atoms with van der Waals surface area (Å²) >= 11 is 0. The third kappa shape index (κ3) is 7.49. The number of rotatable bonds is 6. The third-order valence-electron chi connectivity index (χ3n) is 9.99. The largest absolute Gasteiger partial charge is 0.459 e. The van der Waals surface area contributed by atoms with E-state index in [2.05, 4.69) is 114 Å². The van der Waals surface area contributed by atoms with Crippen LogP contribution in [-0.4, -0.2) is 37.7 Å². The van der Waals surface area contributed by atoms with E-state index >= 15 is 0 Å². The number of carbonyl (C=O) groups excluding carboxylic acids is 1. The summed E-state index contributed by atoms with van der Waals surface area (Å²) in [5.41, 5.74) is 0.759. The molecule has 2 aromatic carbocycles. The average molecular weight is 617 g/mol. The number of ether oxygens (including phenoxy) is 1. The number of hydrogen-bond donors (Lipinski definition) is 1. The first kappa shape index (κ1) is 34.4. The second-order valence-electron chi connectivity index (χ2n) is 15.6. The molecule has 0 aliphatic heterocycles. The van der Waals surface area contributed by atoms with Crippen molar-refractivity contribution < 1.29 is 19.1 Å². The molecule has 2 aromatic rings. The van der Waals surface area contributed by atoms with Gasteiger partial charge < -0.3 is 14.3 Å². The van der Waals surface area contributed by atoms with Gasteiger partial charge in [-0.15, -0.1) is 0 Å². The minimum absolute atomic E-state index is 0.0415. The summed E-state index contributed by atoms with van der Waals surface area (Å²) in [5.74, 6) is 1.18. The Labute approximate surface area is 268 Å². The molecule has 6 atom stereocenters. The first-order valence-electron chi connectivity index (χ1n) is 16.7. The molecule has 0 amide bonds. The fourth-order valence-electron chi connectivity index (χ4n) is 7.50. The Hall–Kier alpha value is -2.47. The third-order valence-corrected chi connectivity index (χ3v) is 15.1. The molecule has 4 nitrogen and oxygen atoms in total. The van der Waals surface area contributed by atoms with E-state index in [1.165, 1.54) is 15.9 Å². The Bertz CT molecular complexity index is 1250. The van der Waals surface area contributed by atoms with Gasteiger partial charge in [0.15, 0.2) is 0 Å². The molecule has 0 unspecified atom stereocenters. The highest BCUT2D eigenvalue weighted by atomic mass is 28.4. The van der Waals surface area contributed by atoms with Crippen molar-refractivity contribution >= 4 is 24.7 Å². The molecule has 2 aliphatic rings. The molecule has 2 aliphatic carbocycles. The highest BCUT2D eigenvalue weighted by Gasteiger charge is 2.52. The van der Waals surface area contributed by atoms with Crippen LogP contribution in [-0.2, 0) is 14.0 Å². The Morgan fingerprint density at radius 1 is 0.886 bits per heavy atom. The van der Waals surface area contributed by atoms with Gasteiger partial charge in [-0.05, 0) is 92.5 Å². The van der Waals surface area contributed by atoms with Gasteiger partial charge in [0.2, 0.25) is 0 Å². The molecule has 0 spiro atoms. The number of aliphatic hydroxyl groups is 1. The summed E-state index contributed by atoms with van der Waals surface area (Å²) in [5, 5.41) is 13.9. The number of aliphatic hydroxyl groups excluding tert-OH is 1. The van der Waals surface area contributed by atoms with Crippen molar-refractivity contribution in [1.29, 1.82) is 0 Å². The second-order valence-corrected chi connectivity index (χ2v) is 19.8. The SMILES string of the molecule is CC1=CC[C@H](C(C)C)[C@H]2C[C@H](OC(=O)C(C)(C)C)[C@@H](O)/C=C\C[C@H](O[Si](c3ccccc3)(c3ccccc3)C(C)(C)C)C[C@@H]12. The molecule has 0 saturated carbocycles. The van der Waals surface area contributed by atoms with Gasteiger partial charge in [0, 0.05) is 6.10 Å². The molecular weight excluding hydrogens is 561 g/mol. The Morgan fingerprint density at radius 2 is 1.45 bits per heavy atom. The summed E-state index contributed by atoms with van der Waals surface area (Å²) in [6.45, 7) is 19.5. The summed E-state index contributed by atoms with van der Waals surface area (Å²) < 4.78 is 13.8. The van der Waals surface area contributed by atoms with E-state index < -0.39 is 25.9 Å². The summed E-state index contributed by atoms with van der Waals surface area (Å²) in [4.78, 5) is 13.1. The van der Waals surface area contributed by atoms with Crippen molar-refractivity contribution in [2.24, 2.45) is 29.1 Å². The Balaban J connectivity index is 1.82. The van der Waals surface area contributed by atoms with Crippen molar-refractivity contribution in [1.82, 2.24) is 0 Å². The summed E-state index contributed by atoms with van der Waals surface area (Å²) in [6.07, 6.45) is 8.07. The molecule has 0 bridgehead atoms. The van der Waals surface area contributed by atoms with Crippen LogP contribution in [0.1, 0.15) is 88.0 Å². The van der Waals surface area contributed by atoms with E-state index in [0.717, 1.165) is 12.8 Å². The van der Waals surface area contributed by atoms with Gasteiger partial charge in [0.1, 0.15) is 12.2 Å². The number of fused-ring (bicyclic) bond motifs is 1. The van der Waals surface area contributed by atoms with Gasteiger partial charge in [-0.1, -0.05) is 119 Å². The molecule has 44 heavy (non-hydrogen) atoms. The number of benzene rings is 2. The predicted octanol–water partition coefficient (Wildman–Crippen LogP) is 7.85. The number of hydrogen-bond acceptors (Lipinski definition) is 4. The smallest absolute Gasteiger partial charge is 0.311 e. The van der Waals surface area contributed by atoms with Crippen molar-refractivity contribution in [2.45, 2.75) is 111 Å². The van der Waals surface area contributed by atoms with E-state index in [1.54, 1.807) is 0 Å². The standard InChI is InChI=1S/C39H56O4Si/c1-27(2)32-24-23-28(3)33-25-29(17-16-22-35(40)36(26-34(32)33)42-37(41)38(4,5)6)43-44(39(7,8)9,30-18-12-10-13-19-30)31-20-14-11-15-21-31/h10-16,18-23,27,29,32-36,40H,17,24-26H2,1-9H3/b22-16-/t29-,32+,33-,34+,35-,36-/m0/s1. The van der Waals surface area contributed by atoms with E-state index in [4.69, 9.17) is 9.16 Å². The molecule has 4 rings (SSSR count). The molecule has 240 valence electrons. The van der Waals surface area contributed by atoms with Crippen LogP contribution in [0.3, 0.4) is 0 Å². The zero-order valence-corrected chi connectivity index (χ0v) is 29.5. The van der Waals surface area contributed by atoms with Crippen LogP contribution < -0.4 is 10.4 Å². The zero-order valence-electron chi connectivity index (χ0n) is 28.5. The van der Waals surface area contributed by atoms with Crippen LogP contribution in [0, 0.1) is 29.1 Å². The molecule has 1 N–H and O–H groups in total. The molecule has 0 heterocycles. The van der Waals surface area contributed by atoms with Crippen molar-refractivity contribution in [3.8, 4) is 0 Å². The van der Waals surface area contributed by atoms with E-state index in [-0.39, 0.29) is 28.9 Å². The van der Waals surface area contributed by atoms with Gasteiger partial charge in [0.05, 0.1) is 5.41 Å². The number of allylic oxidation sites excluding steroid dienone is 2. The lowest BCUT2D eigenvalue weighted by molar-refractivity contribution is -0.165. The predicted molar refractivity (Wildman–Crippen MR) is 185 cm³/mol.